The summed E-state index contributed by atoms with van der Waals surface area (Å²) >= 11 is 0. The Morgan fingerprint density at radius 1 is 0.298 bits per heavy atom. The smallest absolute Gasteiger partial charge is 0.305 e. The number of unbranched alkanes of at least 4 members (excludes halogenated alkanes) is 67. The number of carbonyl (C=O) groups excluding carboxylic acids is 2. The van der Waals surface area contributed by atoms with E-state index in [9.17, 15) is 19.8 Å². The van der Waals surface area contributed by atoms with Gasteiger partial charge < -0.3 is 20.3 Å². The molecule has 6 nitrogen and oxygen atoms in total. The summed E-state index contributed by atoms with van der Waals surface area (Å²) < 4.78 is 5.52. The van der Waals surface area contributed by atoms with Crippen LogP contribution in [0.4, 0.5) is 0 Å². The van der Waals surface area contributed by atoms with Crippen molar-refractivity contribution in [3.63, 3.8) is 0 Å². The number of carbonyl (C=O) groups is 2. The van der Waals surface area contributed by atoms with Crippen molar-refractivity contribution in [3.05, 3.63) is 36.5 Å². The molecule has 94 heavy (non-hydrogen) atoms. The maximum atomic E-state index is 12.5. The number of allylic oxidation sites excluding steroid dienone is 5. The van der Waals surface area contributed by atoms with E-state index >= 15 is 0 Å². The highest BCUT2D eigenvalue weighted by atomic mass is 16.5. The first kappa shape index (κ1) is 92.1. The van der Waals surface area contributed by atoms with E-state index in [1.807, 2.05) is 6.08 Å². The lowest BCUT2D eigenvalue weighted by Crippen LogP contribution is -2.45. The van der Waals surface area contributed by atoms with E-state index in [1.165, 1.54) is 417 Å². The molecular formula is C88H169NO5. The van der Waals surface area contributed by atoms with Crippen LogP contribution >= 0.6 is 0 Å². The minimum Gasteiger partial charge on any atom is -0.466 e. The highest BCUT2D eigenvalue weighted by Gasteiger charge is 2.18. The lowest BCUT2D eigenvalue weighted by molar-refractivity contribution is -0.143. The van der Waals surface area contributed by atoms with E-state index in [4.69, 9.17) is 4.74 Å². The topological polar surface area (TPSA) is 95.9 Å². The number of nitrogens with one attached hydrogen (secondary N) is 1. The lowest BCUT2D eigenvalue weighted by Gasteiger charge is -2.20. The van der Waals surface area contributed by atoms with Crippen LogP contribution < -0.4 is 5.32 Å². The molecule has 0 radical (unpaired) electrons. The molecule has 0 aliphatic heterocycles. The van der Waals surface area contributed by atoms with Gasteiger partial charge in [-0.05, 0) is 64.2 Å². The maximum Gasteiger partial charge on any atom is 0.305 e. The summed E-state index contributed by atoms with van der Waals surface area (Å²) in [4.78, 5) is 24.7. The van der Waals surface area contributed by atoms with Crippen LogP contribution in [-0.2, 0) is 14.3 Å². The standard InChI is InChI=1S/C88H169NO5/c1-3-5-7-9-11-13-15-17-19-21-44-48-52-56-60-64-68-72-76-80-86(91)85(84-90)89-87(92)81-77-73-69-65-61-57-53-49-46-42-40-38-36-34-32-30-28-26-24-23-25-27-29-31-33-35-37-39-41-43-47-51-55-59-63-67-71-75-79-83-94-88(93)82-78-74-70-66-62-58-54-50-45-22-20-18-16-14-12-10-8-6-4-2/h23-24,27,29,76,80,85-86,90-91H,3-22,25-26,28,30-75,77-79,81-84H2,1-2H3,(H,89,92)/b24-23-,29-27-,80-76+. The van der Waals surface area contributed by atoms with Gasteiger partial charge in [0.15, 0.2) is 0 Å². The molecule has 0 aromatic heterocycles. The number of aliphatic hydroxyl groups is 2. The van der Waals surface area contributed by atoms with E-state index in [-0.39, 0.29) is 18.5 Å². The van der Waals surface area contributed by atoms with Crippen LogP contribution in [0.3, 0.4) is 0 Å². The van der Waals surface area contributed by atoms with Gasteiger partial charge >= 0.3 is 5.97 Å². The van der Waals surface area contributed by atoms with E-state index < -0.39 is 12.1 Å². The van der Waals surface area contributed by atoms with Crippen molar-refractivity contribution in [2.45, 2.75) is 501 Å². The van der Waals surface area contributed by atoms with Crippen molar-refractivity contribution < 1.29 is 24.5 Å². The average molecular weight is 1320 g/mol. The van der Waals surface area contributed by atoms with Gasteiger partial charge in [0.2, 0.25) is 5.91 Å². The molecule has 2 unspecified atom stereocenters. The molecule has 0 spiro atoms. The Kier molecular flexibility index (Phi) is 81.8. The van der Waals surface area contributed by atoms with E-state index in [0.717, 1.165) is 44.9 Å². The van der Waals surface area contributed by atoms with Crippen molar-refractivity contribution in [2.75, 3.05) is 13.2 Å². The van der Waals surface area contributed by atoms with Crippen molar-refractivity contribution in [3.8, 4) is 0 Å². The zero-order chi connectivity index (χ0) is 67.7. The van der Waals surface area contributed by atoms with Crippen LogP contribution in [0.1, 0.15) is 489 Å². The fourth-order valence-corrected chi connectivity index (χ4v) is 13.8. The molecule has 0 aliphatic rings. The van der Waals surface area contributed by atoms with Gasteiger partial charge in [-0.2, -0.15) is 0 Å². The van der Waals surface area contributed by atoms with Crippen LogP contribution in [0.2, 0.25) is 0 Å². The summed E-state index contributed by atoms with van der Waals surface area (Å²) in [5.41, 5.74) is 0. The number of amides is 1. The molecule has 0 saturated heterocycles. The molecule has 2 atom stereocenters. The van der Waals surface area contributed by atoms with Gasteiger partial charge in [-0.15, -0.1) is 0 Å². The number of esters is 1. The SMILES string of the molecule is CCCCCCCCCCCCCCCCCCC/C=C/C(O)C(CO)NC(=O)CCCCCCCCCCCCCCCCCCC/C=C\C/C=C\CCCCCCCCCCCCCCCCCOC(=O)CCCCCCCCCCCCCCCCCCCCC. The van der Waals surface area contributed by atoms with Gasteiger partial charge in [-0.1, -0.05) is 448 Å². The third-order valence-electron chi connectivity index (χ3n) is 20.4. The van der Waals surface area contributed by atoms with E-state index in [0.29, 0.717) is 19.4 Å². The summed E-state index contributed by atoms with van der Waals surface area (Å²) in [6.45, 7) is 4.97. The van der Waals surface area contributed by atoms with Gasteiger partial charge in [0.25, 0.3) is 0 Å². The summed E-state index contributed by atoms with van der Waals surface area (Å²) in [7, 11) is 0. The molecule has 1 amide bonds. The molecule has 556 valence electrons. The number of hydrogen-bond acceptors (Lipinski definition) is 5. The third-order valence-corrected chi connectivity index (χ3v) is 20.4. The molecule has 0 heterocycles. The second kappa shape index (κ2) is 83.5. The second-order valence-electron chi connectivity index (χ2n) is 29.9. The summed E-state index contributed by atoms with van der Waals surface area (Å²) in [6.07, 6.45) is 110. The Morgan fingerprint density at radius 2 is 0.532 bits per heavy atom. The Labute approximate surface area is 589 Å². The summed E-state index contributed by atoms with van der Waals surface area (Å²) in [6, 6.07) is -0.627. The zero-order valence-electron chi connectivity index (χ0n) is 64.0. The molecule has 0 aromatic rings. The molecule has 0 aliphatic carbocycles. The fraction of sp³-hybridized carbons (Fsp3) is 0.909. The average Bonchev–Trinajstić information content (AvgIpc) is 3.61. The normalized spacial score (nSPS) is 12.6. The van der Waals surface area contributed by atoms with Crippen molar-refractivity contribution >= 4 is 11.9 Å². The highest BCUT2D eigenvalue weighted by molar-refractivity contribution is 5.76. The summed E-state index contributed by atoms with van der Waals surface area (Å²) in [5.74, 6) is -0.0346. The number of ether oxygens (including phenoxy) is 1. The molecule has 0 aromatic carbocycles. The minimum absolute atomic E-state index is 0.0260. The second-order valence-corrected chi connectivity index (χ2v) is 29.9. The van der Waals surface area contributed by atoms with Crippen molar-refractivity contribution in [1.82, 2.24) is 5.32 Å². The number of aliphatic hydroxyl groups excluding tert-OH is 2. The van der Waals surface area contributed by atoms with Gasteiger partial charge in [0, 0.05) is 12.8 Å². The van der Waals surface area contributed by atoms with Crippen LogP contribution in [0.25, 0.3) is 0 Å². The first-order chi connectivity index (χ1) is 46.5. The zero-order valence-corrected chi connectivity index (χ0v) is 64.0. The molecule has 0 fully saturated rings. The Hall–Kier alpha value is -1.92. The third kappa shape index (κ3) is 79.1. The number of rotatable bonds is 82. The maximum absolute atomic E-state index is 12.5. The lowest BCUT2D eigenvalue weighted by atomic mass is 10.0. The van der Waals surface area contributed by atoms with Crippen LogP contribution in [-0.4, -0.2) is 47.4 Å². The predicted octanol–water partition coefficient (Wildman–Crippen LogP) is 28.9. The van der Waals surface area contributed by atoms with Gasteiger partial charge in [0.05, 0.1) is 25.4 Å². The quantitative estimate of drug-likeness (QED) is 0.0320. The largest absolute Gasteiger partial charge is 0.466 e. The monoisotopic (exact) mass is 1320 g/mol. The van der Waals surface area contributed by atoms with Crippen LogP contribution in [0.15, 0.2) is 36.5 Å². The Balaban J connectivity index is 3.35. The Bertz CT molecular complexity index is 1520. The van der Waals surface area contributed by atoms with Gasteiger partial charge in [-0.25, -0.2) is 0 Å². The first-order valence-corrected chi connectivity index (χ1v) is 43.3. The van der Waals surface area contributed by atoms with E-state index in [2.05, 4.69) is 43.5 Å². The fourth-order valence-electron chi connectivity index (χ4n) is 13.8. The molecule has 6 heteroatoms. The van der Waals surface area contributed by atoms with Gasteiger partial charge in [0.1, 0.15) is 0 Å². The van der Waals surface area contributed by atoms with Crippen molar-refractivity contribution in [2.24, 2.45) is 0 Å². The molecule has 0 bridgehead atoms. The van der Waals surface area contributed by atoms with Gasteiger partial charge in [-0.3, -0.25) is 9.59 Å². The van der Waals surface area contributed by atoms with E-state index in [1.54, 1.807) is 6.08 Å². The molecular weight excluding hydrogens is 1150 g/mol. The first-order valence-electron chi connectivity index (χ1n) is 43.3. The molecule has 3 N–H and O–H groups in total. The highest BCUT2D eigenvalue weighted by Crippen LogP contribution is 2.20. The number of hydrogen-bond donors (Lipinski definition) is 3. The van der Waals surface area contributed by atoms with Crippen LogP contribution in [0, 0.1) is 0 Å². The summed E-state index contributed by atoms with van der Waals surface area (Å²) in [5, 5.41) is 23.3. The Morgan fingerprint density at radius 3 is 0.809 bits per heavy atom. The predicted molar refractivity (Wildman–Crippen MR) is 416 cm³/mol. The molecule has 0 saturated carbocycles. The minimum atomic E-state index is -0.843. The van der Waals surface area contributed by atoms with Crippen LogP contribution in [0.5, 0.6) is 0 Å². The molecule has 0 rings (SSSR count). The van der Waals surface area contributed by atoms with Crippen molar-refractivity contribution in [1.29, 1.82) is 0 Å².